The molecule has 2 aromatic heterocycles. The van der Waals surface area contributed by atoms with Gasteiger partial charge in [0.2, 0.25) is 5.88 Å². The number of ether oxygens (including phenoxy) is 2. The molecule has 2 heterocycles. The first-order valence-corrected chi connectivity index (χ1v) is 10.8. The molecule has 0 saturated carbocycles. The van der Waals surface area contributed by atoms with Crippen molar-refractivity contribution < 1.29 is 14.3 Å². The summed E-state index contributed by atoms with van der Waals surface area (Å²) in [5, 5.41) is 5.28. The average molecular weight is 425 g/mol. The molecule has 0 spiro atoms. The minimum Gasteiger partial charge on any atom is -0.479 e. The number of hydrogen-bond donors (Lipinski definition) is 0. The Balaban J connectivity index is 1.70. The molecule has 0 fully saturated rings. The Labute approximate surface area is 184 Å². The first-order valence-electron chi connectivity index (χ1n) is 10.8. The van der Waals surface area contributed by atoms with Gasteiger partial charge >= 0.3 is 5.97 Å². The van der Waals surface area contributed by atoms with Crippen LogP contribution in [-0.2, 0) is 29.6 Å². The van der Waals surface area contributed by atoms with Crippen LogP contribution in [0.4, 0.5) is 5.69 Å². The maximum absolute atomic E-state index is 12.5. The van der Waals surface area contributed by atoms with E-state index in [0.717, 1.165) is 52.2 Å². The molecule has 0 amide bonds. The zero-order chi connectivity index (χ0) is 22.5. The van der Waals surface area contributed by atoms with E-state index in [1.165, 1.54) is 0 Å². The van der Waals surface area contributed by atoms with Crippen LogP contribution in [0.1, 0.15) is 42.7 Å². The Kier molecular flexibility index (Phi) is 7.15. The van der Waals surface area contributed by atoms with E-state index in [9.17, 15) is 4.79 Å². The van der Waals surface area contributed by atoms with Gasteiger partial charge in [-0.15, -0.1) is 5.10 Å². The highest BCUT2D eigenvalue weighted by Gasteiger charge is 2.19. The number of hydrogen-bond acceptors (Lipinski definition) is 6. The van der Waals surface area contributed by atoms with Gasteiger partial charge in [-0.25, -0.2) is 9.67 Å². The van der Waals surface area contributed by atoms with Crippen LogP contribution in [0.15, 0.2) is 24.3 Å². The van der Waals surface area contributed by atoms with E-state index < -0.39 is 0 Å². The van der Waals surface area contributed by atoms with E-state index in [-0.39, 0.29) is 12.6 Å². The van der Waals surface area contributed by atoms with Gasteiger partial charge in [0, 0.05) is 43.5 Å². The fraction of sp³-hybridized carbons (Fsp3) is 0.458. The molecule has 0 N–H and O–H groups in total. The summed E-state index contributed by atoms with van der Waals surface area (Å²) in [6.45, 7) is 10.3. The molecule has 0 unspecified atom stereocenters. The van der Waals surface area contributed by atoms with E-state index in [2.05, 4.69) is 34.9 Å². The number of methoxy groups -OCH3 is 1. The van der Waals surface area contributed by atoms with Crippen LogP contribution in [0.3, 0.4) is 0 Å². The van der Waals surface area contributed by atoms with Gasteiger partial charge in [0.1, 0.15) is 6.61 Å². The first-order chi connectivity index (χ1) is 14.9. The third kappa shape index (κ3) is 4.65. The predicted octanol–water partition coefficient (Wildman–Crippen LogP) is 4.12. The van der Waals surface area contributed by atoms with Crippen molar-refractivity contribution in [2.75, 3.05) is 25.1 Å². The summed E-state index contributed by atoms with van der Waals surface area (Å²) in [5.41, 5.74) is 5.91. The molecule has 3 rings (SSSR count). The number of aryl methyl sites for hydroxylation is 3. The van der Waals surface area contributed by atoms with Crippen LogP contribution >= 0.6 is 0 Å². The number of benzene rings is 1. The van der Waals surface area contributed by atoms with Gasteiger partial charge in [-0.3, -0.25) is 4.79 Å². The smallest absolute Gasteiger partial charge is 0.306 e. The number of aromatic nitrogens is 3. The molecule has 31 heavy (non-hydrogen) atoms. The normalized spacial score (nSPS) is 11.0. The zero-order valence-corrected chi connectivity index (χ0v) is 19.4. The fourth-order valence-corrected chi connectivity index (χ4v) is 4.07. The van der Waals surface area contributed by atoms with Crippen molar-refractivity contribution in [2.24, 2.45) is 7.05 Å². The summed E-state index contributed by atoms with van der Waals surface area (Å²) in [6.07, 6.45) is 0.861. The second kappa shape index (κ2) is 9.81. The maximum atomic E-state index is 12.5. The fourth-order valence-electron chi connectivity index (χ4n) is 4.07. The van der Waals surface area contributed by atoms with Gasteiger partial charge in [-0.2, -0.15) is 0 Å². The predicted molar refractivity (Wildman–Crippen MR) is 123 cm³/mol. The molecule has 0 bridgehead atoms. The average Bonchev–Trinajstić information content (AvgIpc) is 3.09. The largest absolute Gasteiger partial charge is 0.479 e. The topological polar surface area (TPSA) is 69.5 Å². The molecular weight excluding hydrogens is 392 g/mol. The molecular formula is C24H32N4O3. The van der Waals surface area contributed by atoms with Gasteiger partial charge in [0.05, 0.1) is 12.5 Å². The Morgan fingerprint density at radius 1 is 1.16 bits per heavy atom. The number of fused-ring (bicyclic) bond motifs is 1. The summed E-state index contributed by atoms with van der Waals surface area (Å²) in [6, 6.07) is 8.08. The molecule has 7 heteroatoms. The molecule has 3 aromatic rings. The highest BCUT2D eigenvalue weighted by molar-refractivity contribution is 5.86. The number of esters is 1. The van der Waals surface area contributed by atoms with Crippen LogP contribution in [0, 0.1) is 13.8 Å². The Bertz CT molecular complexity index is 1070. The van der Waals surface area contributed by atoms with Crippen molar-refractivity contribution in [1.82, 2.24) is 14.8 Å². The third-order valence-electron chi connectivity index (χ3n) is 5.78. The lowest BCUT2D eigenvalue weighted by Crippen LogP contribution is -2.23. The number of para-hydroxylation sites is 1. The monoisotopic (exact) mass is 424 g/mol. The molecule has 0 aliphatic heterocycles. The highest BCUT2D eigenvalue weighted by atomic mass is 16.5. The third-order valence-corrected chi connectivity index (χ3v) is 5.78. The van der Waals surface area contributed by atoms with E-state index in [1.54, 1.807) is 11.8 Å². The van der Waals surface area contributed by atoms with Gasteiger partial charge in [-0.05, 0) is 51.3 Å². The minimum atomic E-state index is -0.216. The molecule has 1 aromatic carbocycles. The van der Waals surface area contributed by atoms with E-state index >= 15 is 0 Å². The Morgan fingerprint density at radius 2 is 1.87 bits per heavy atom. The second-order valence-electron chi connectivity index (χ2n) is 7.59. The van der Waals surface area contributed by atoms with Crippen LogP contribution < -0.4 is 9.64 Å². The van der Waals surface area contributed by atoms with Crippen molar-refractivity contribution in [3.8, 4) is 5.88 Å². The first kappa shape index (κ1) is 22.6. The Morgan fingerprint density at radius 3 is 2.55 bits per heavy atom. The quantitative estimate of drug-likeness (QED) is 0.482. The molecule has 0 atom stereocenters. The Hall–Kier alpha value is -3.09. The summed E-state index contributed by atoms with van der Waals surface area (Å²) in [4.78, 5) is 19.5. The second-order valence-corrected chi connectivity index (χ2v) is 7.59. The number of rotatable bonds is 9. The van der Waals surface area contributed by atoms with Crippen molar-refractivity contribution in [3.05, 3.63) is 46.6 Å². The zero-order valence-electron chi connectivity index (χ0n) is 19.4. The van der Waals surface area contributed by atoms with Crippen molar-refractivity contribution in [1.29, 1.82) is 0 Å². The summed E-state index contributed by atoms with van der Waals surface area (Å²) in [7, 11) is 3.46. The van der Waals surface area contributed by atoms with E-state index in [4.69, 9.17) is 9.47 Å². The lowest BCUT2D eigenvalue weighted by atomic mass is 10.0. The van der Waals surface area contributed by atoms with E-state index in [1.807, 2.05) is 39.1 Å². The molecule has 0 saturated heterocycles. The summed E-state index contributed by atoms with van der Waals surface area (Å²) >= 11 is 0. The van der Waals surface area contributed by atoms with Gasteiger partial charge in [0.25, 0.3) is 0 Å². The standard InChI is InChI=1S/C24H32N4O3/c1-7-28(8-2)20-12-10-9-11-18(20)15-31-21(29)14-13-19-16(3)22-23(25-17(19)4)27(5)26-24(22)30-6/h9-12H,7-8,13-15H2,1-6H3. The number of nitrogens with zero attached hydrogens (tertiary/aromatic N) is 4. The van der Waals surface area contributed by atoms with Crippen LogP contribution in [0.5, 0.6) is 5.88 Å². The SMILES string of the molecule is CCN(CC)c1ccccc1COC(=O)CCc1c(C)nc2c(c(OC)nn2C)c1C. The van der Waals surface area contributed by atoms with Crippen LogP contribution in [-0.4, -0.2) is 40.9 Å². The lowest BCUT2D eigenvalue weighted by Gasteiger charge is -2.24. The number of carbonyl (C=O) groups is 1. The number of pyridine rings is 1. The summed E-state index contributed by atoms with van der Waals surface area (Å²) in [5.74, 6) is 0.339. The van der Waals surface area contributed by atoms with Crippen molar-refractivity contribution in [2.45, 2.75) is 47.1 Å². The van der Waals surface area contributed by atoms with Gasteiger partial charge < -0.3 is 14.4 Å². The van der Waals surface area contributed by atoms with E-state index in [0.29, 0.717) is 18.7 Å². The highest BCUT2D eigenvalue weighted by Crippen LogP contribution is 2.30. The van der Waals surface area contributed by atoms with Crippen LogP contribution in [0.25, 0.3) is 11.0 Å². The van der Waals surface area contributed by atoms with Crippen LogP contribution in [0.2, 0.25) is 0 Å². The molecule has 0 radical (unpaired) electrons. The minimum absolute atomic E-state index is 0.216. The molecule has 7 nitrogen and oxygen atoms in total. The lowest BCUT2D eigenvalue weighted by molar-refractivity contribution is -0.144. The number of carbonyl (C=O) groups excluding carboxylic acids is 1. The van der Waals surface area contributed by atoms with Gasteiger partial charge in [0.15, 0.2) is 5.65 Å². The summed E-state index contributed by atoms with van der Waals surface area (Å²) < 4.78 is 12.8. The molecule has 166 valence electrons. The van der Waals surface area contributed by atoms with Crippen molar-refractivity contribution in [3.63, 3.8) is 0 Å². The maximum Gasteiger partial charge on any atom is 0.306 e. The number of anilines is 1. The molecule has 0 aliphatic carbocycles. The molecule has 0 aliphatic rings. The van der Waals surface area contributed by atoms with Crippen molar-refractivity contribution >= 4 is 22.7 Å². The van der Waals surface area contributed by atoms with Gasteiger partial charge in [-0.1, -0.05) is 18.2 Å².